The molecule has 1 N–H and O–H groups in total. The van der Waals surface area contributed by atoms with E-state index in [4.69, 9.17) is 0 Å². The maximum Gasteiger partial charge on any atom is 0.224 e. The number of nitrogens with one attached hydrogen (secondary N) is 1. The van der Waals surface area contributed by atoms with E-state index < -0.39 is 0 Å². The van der Waals surface area contributed by atoms with Gasteiger partial charge in [-0.15, -0.1) is 0 Å². The normalized spacial score (nSPS) is 12.2. The highest BCUT2D eigenvalue weighted by molar-refractivity contribution is 9.10. The summed E-state index contributed by atoms with van der Waals surface area (Å²) in [5.74, 6) is -0.00308. The molecule has 0 saturated carbocycles. The van der Waals surface area contributed by atoms with Gasteiger partial charge in [0.1, 0.15) is 5.82 Å². The van der Waals surface area contributed by atoms with Crippen molar-refractivity contribution in [3.05, 3.63) is 28.5 Å². The van der Waals surface area contributed by atoms with Crippen LogP contribution in [0.1, 0.15) is 26.7 Å². The summed E-state index contributed by atoms with van der Waals surface area (Å²) in [5, 5.41) is 2.74. The number of halogens is 2. The van der Waals surface area contributed by atoms with Gasteiger partial charge in [-0.05, 0) is 40.0 Å². The van der Waals surface area contributed by atoms with E-state index in [-0.39, 0.29) is 11.7 Å². The standard InChI is InChI=1S/C12H15BrFNO/c1-3-8(2)6-12(16)15-9-4-5-11(14)10(13)7-9/h4-5,7-8H,3,6H2,1-2H3,(H,15,16). The fourth-order valence-electron chi connectivity index (χ4n) is 1.25. The molecular weight excluding hydrogens is 273 g/mol. The number of hydrogen-bond donors (Lipinski definition) is 1. The smallest absolute Gasteiger partial charge is 0.224 e. The quantitative estimate of drug-likeness (QED) is 0.892. The van der Waals surface area contributed by atoms with Gasteiger partial charge in [0, 0.05) is 12.1 Å². The van der Waals surface area contributed by atoms with Gasteiger partial charge in [-0.3, -0.25) is 4.79 Å². The highest BCUT2D eigenvalue weighted by Crippen LogP contribution is 2.20. The Bertz CT molecular complexity index is 381. The largest absolute Gasteiger partial charge is 0.326 e. The molecule has 0 saturated heterocycles. The van der Waals surface area contributed by atoms with Gasteiger partial charge in [-0.1, -0.05) is 20.3 Å². The molecule has 0 aliphatic heterocycles. The molecule has 0 heterocycles. The molecule has 1 atom stereocenters. The lowest BCUT2D eigenvalue weighted by Crippen LogP contribution is -2.14. The number of rotatable bonds is 4. The van der Waals surface area contributed by atoms with Crippen LogP contribution in [-0.2, 0) is 4.79 Å². The van der Waals surface area contributed by atoms with Crippen LogP contribution in [0.4, 0.5) is 10.1 Å². The zero-order valence-electron chi connectivity index (χ0n) is 9.39. The Morgan fingerprint density at radius 1 is 1.56 bits per heavy atom. The molecule has 16 heavy (non-hydrogen) atoms. The minimum absolute atomic E-state index is 0.0344. The van der Waals surface area contributed by atoms with Gasteiger partial charge in [-0.2, -0.15) is 0 Å². The number of carbonyl (C=O) groups is 1. The van der Waals surface area contributed by atoms with Gasteiger partial charge in [0.15, 0.2) is 0 Å². The third-order valence-corrected chi connectivity index (χ3v) is 3.04. The summed E-state index contributed by atoms with van der Waals surface area (Å²) in [6.07, 6.45) is 1.46. The summed E-state index contributed by atoms with van der Waals surface area (Å²) in [6, 6.07) is 4.43. The van der Waals surface area contributed by atoms with Crippen LogP contribution >= 0.6 is 15.9 Å². The van der Waals surface area contributed by atoms with Gasteiger partial charge in [-0.25, -0.2) is 4.39 Å². The van der Waals surface area contributed by atoms with Gasteiger partial charge in [0.25, 0.3) is 0 Å². The van der Waals surface area contributed by atoms with Crippen molar-refractivity contribution in [3.8, 4) is 0 Å². The zero-order valence-corrected chi connectivity index (χ0v) is 11.0. The number of amides is 1. The van der Waals surface area contributed by atoms with E-state index in [1.54, 1.807) is 12.1 Å². The van der Waals surface area contributed by atoms with Crippen LogP contribution in [0.2, 0.25) is 0 Å². The van der Waals surface area contributed by atoms with Crippen molar-refractivity contribution in [1.29, 1.82) is 0 Å². The molecule has 0 fully saturated rings. The summed E-state index contributed by atoms with van der Waals surface area (Å²) in [4.78, 5) is 11.6. The molecular formula is C12H15BrFNO. The first-order valence-corrected chi connectivity index (χ1v) is 6.07. The number of anilines is 1. The van der Waals surface area contributed by atoms with Crippen LogP contribution in [0, 0.1) is 11.7 Å². The molecule has 1 aromatic rings. The Balaban J connectivity index is 2.59. The summed E-state index contributed by atoms with van der Waals surface area (Å²) >= 11 is 3.07. The van der Waals surface area contributed by atoms with Crippen LogP contribution < -0.4 is 5.32 Å². The number of hydrogen-bond acceptors (Lipinski definition) is 1. The van der Waals surface area contributed by atoms with Crippen LogP contribution in [0.5, 0.6) is 0 Å². The highest BCUT2D eigenvalue weighted by Gasteiger charge is 2.08. The minimum atomic E-state index is -0.333. The van der Waals surface area contributed by atoms with E-state index >= 15 is 0 Å². The van der Waals surface area contributed by atoms with E-state index in [9.17, 15) is 9.18 Å². The minimum Gasteiger partial charge on any atom is -0.326 e. The molecule has 0 radical (unpaired) electrons. The fraction of sp³-hybridized carbons (Fsp3) is 0.417. The molecule has 2 nitrogen and oxygen atoms in total. The van der Waals surface area contributed by atoms with E-state index in [1.165, 1.54) is 6.07 Å². The summed E-state index contributed by atoms with van der Waals surface area (Å²) in [6.45, 7) is 4.08. The third-order valence-electron chi connectivity index (χ3n) is 2.43. The summed E-state index contributed by atoms with van der Waals surface area (Å²) < 4.78 is 13.3. The van der Waals surface area contributed by atoms with E-state index in [2.05, 4.69) is 21.2 Å². The average molecular weight is 288 g/mol. The first-order valence-electron chi connectivity index (χ1n) is 5.27. The van der Waals surface area contributed by atoms with Gasteiger partial charge < -0.3 is 5.32 Å². The van der Waals surface area contributed by atoms with E-state index in [0.29, 0.717) is 22.5 Å². The predicted octanol–water partition coefficient (Wildman–Crippen LogP) is 3.96. The van der Waals surface area contributed by atoms with Gasteiger partial charge >= 0.3 is 0 Å². The van der Waals surface area contributed by atoms with Crippen molar-refractivity contribution < 1.29 is 9.18 Å². The SMILES string of the molecule is CCC(C)CC(=O)Nc1ccc(F)c(Br)c1. The van der Waals surface area contributed by atoms with Crippen LogP contribution in [-0.4, -0.2) is 5.91 Å². The molecule has 0 bridgehead atoms. The molecule has 1 amide bonds. The van der Waals surface area contributed by atoms with Crippen molar-refractivity contribution >= 4 is 27.5 Å². The molecule has 1 rings (SSSR count). The lowest BCUT2D eigenvalue weighted by Gasteiger charge is -2.09. The van der Waals surface area contributed by atoms with Crippen molar-refractivity contribution in [2.24, 2.45) is 5.92 Å². The maximum absolute atomic E-state index is 12.9. The monoisotopic (exact) mass is 287 g/mol. The molecule has 1 aromatic carbocycles. The molecule has 0 aliphatic carbocycles. The number of carbonyl (C=O) groups excluding carboxylic acids is 1. The first kappa shape index (κ1) is 13.2. The van der Waals surface area contributed by atoms with Crippen molar-refractivity contribution in [1.82, 2.24) is 0 Å². The van der Waals surface area contributed by atoms with Crippen molar-refractivity contribution in [3.63, 3.8) is 0 Å². The summed E-state index contributed by atoms with van der Waals surface area (Å²) in [5.41, 5.74) is 0.613. The Morgan fingerprint density at radius 3 is 2.81 bits per heavy atom. The second kappa shape index (κ2) is 5.99. The fourth-order valence-corrected chi connectivity index (χ4v) is 1.63. The maximum atomic E-state index is 12.9. The van der Waals surface area contributed by atoms with E-state index in [0.717, 1.165) is 6.42 Å². The van der Waals surface area contributed by atoms with Gasteiger partial charge in [0.2, 0.25) is 5.91 Å². The molecule has 0 spiro atoms. The second-order valence-electron chi connectivity index (χ2n) is 3.89. The second-order valence-corrected chi connectivity index (χ2v) is 4.75. The first-order chi connectivity index (χ1) is 7.52. The third kappa shape index (κ3) is 3.93. The molecule has 0 aromatic heterocycles. The summed E-state index contributed by atoms with van der Waals surface area (Å²) in [7, 11) is 0. The predicted molar refractivity (Wildman–Crippen MR) is 66.8 cm³/mol. The highest BCUT2D eigenvalue weighted by atomic mass is 79.9. The topological polar surface area (TPSA) is 29.1 Å². The Hall–Kier alpha value is -0.900. The van der Waals surface area contributed by atoms with Crippen molar-refractivity contribution in [2.75, 3.05) is 5.32 Å². The molecule has 0 aliphatic rings. The molecule has 88 valence electrons. The van der Waals surface area contributed by atoms with Gasteiger partial charge in [0.05, 0.1) is 4.47 Å². The number of benzene rings is 1. The lowest BCUT2D eigenvalue weighted by molar-refractivity contribution is -0.117. The van der Waals surface area contributed by atoms with Crippen LogP contribution in [0.15, 0.2) is 22.7 Å². The lowest BCUT2D eigenvalue weighted by atomic mass is 10.1. The van der Waals surface area contributed by atoms with Crippen LogP contribution in [0.25, 0.3) is 0 Å². The molecule has 1 unspecified atom stereocenters. The van der Waals surface area contributed by atoms with Crippen molar-refractivity contribution in [2.45, 2.75) is 26.7 Å². The molecule has 4 heteroatoms. The van der Waals surface area contributed by atoms with E-state index in [1.807, 2.05) is 13.8 Å². The average Bonchev–Trinajstić information content (AvgIpc) is 2.23. The Morgan fingerprint density at radius 2 is 2.25 bits per heavy atom. The zero-order chi connectivity index (χ0) is 12.1. The van der Waals surface area contributed by atoms with Crippen LogP contribution in [0.3, 0.4) is 0 Å². The Kier molecular flexibility index (Phi) is 4.93. The Labute approximate surface area is 103 Å².